The van der Waals surface area contributed by atoms with E-state index < -0.39 is 0 Å². The van der Waals surface area contributed by atoms with Crippen molar-refractivity contribution >= 4 is 32.3 Å². The summed E-state index contributed by atoms with van der Waals surface area (Å²) in [6.07, 6.45) is 5.56. The molecule has 0 aliphatic heterocycles. The van der Waals surface area contributed by atoms with Crippen LogP contribution in [0.3, 0.4) is 0 Å². The van der Waals surface area contributed by atoms with Gasteiger partial charge in [0.15, 0.2) is 17.5 Å². The van der Waals surface area contributed by atoms with Crippen LogP contribution in [-0.4, -0.2) is 24.9 Å². The monoisotopic (exact) mass is 663 g/mol. The van der Waals surface area contributed by atoms with Crippen molar-refractivity contribution in [2.75, 3.05) is 0 Å². The third kappa shape index (κ3) is 5.15. The predicted octanol–water partition coefficient (Wildman–Crippen LogP) is 11.6. The quantitative estimate of drug-likeness (QED) is 0.166. The van der Waals surface area contributed by atoms with Gasteiger partial charge in [0.25, 0.3) is 0 Å². The predicted molar refractivity (Wildman–Crippen MR) is 212 cm³/mol. The van der Waals surface area contributed by atoms with Crippen LogP contribution < -0.4 is 0 Å². The van der Waals surface area contributed by atoms with E-state index in [-0.39, 0.29) is 0 Å². The largest absolute Gasteiger partial charge is 0.265 e. The van der Waals surface area contributed by atoms with Crippen LogP contribution in [0.5, 0.6) is 0 Å². The summed E-state index contributed by atoms with van der Waals surface area (Å²) in [6, 6.07) is 54.8. The highest BCUT2D eigenvalue weighted by molar-refractivity contribution is 6.27. The Bertz CT molecular complexity index is 2860. The minimum atomic E-state index is 0.637. The van der Waals surface area contributed by atoms with E-state index in [1.807, 2.05) is 67.1 Å². The van der Waals surface area contributed by atoms with Crippen LogP contribution >= 0.6 is 0 Å². The molecule has 3 aromatic heterocycles. The number of benzene rings is 7. The van der Waals surface area contributed by atoms with Crippen LogP contribution in [0.15, 0.2) is 176 Å². The fourth-order valence-electron chi connectivity index (χ4n) is 7.27. The molecule has 0 saturated heterocycles. The van der Waals surface area contributed by atoms with Gasteiger partial charge >= 0.3 is 0 Å². The van der Waals surface area contributed by atoms with Crippen molar-refractivity contribution < 1.29 is 0 Å². The average molecular weight is 664 g/mol. The molecule has 7 aromatic carbocycles. The van der Waals surface area contributed by atoms with Crippen molar-refractivity contribution in [2.45, 2.75) is 0 Å². The number of hydrogen-bond donors (Lipinski definition) is 0. The van der Waals surface area contributed by atoms with E-state index in [0.717, 1.165) is 55.4 Å². The van der Waals surface area contributed by atoms with Gasteiger partial charge in [-0.25, -0.2) is 15.0 Å². The fourth-order valence-corrected chi connectivity index (χ4v) is 7.27. The molecule has 0 saturated carbocycles. The van der Waals surface area contributed by atoms with E-state index in [9.17, 15) is 0 Å². The van der Waals surface area contributed by atoms with Crippen LogP contribution in [-0.2, 0) is 0 Å². The highest BCUT2D eigenvalue weighted by Gasteiger charge is 2.18. The highest BCUT2D eigenvalue weighted by atomic mass is 15.0. The molecule has 0 unspecified atom stereocenters. The summed E-state index contributed by atoms with van der Waals surface area (Å²) in [5, 5.41) is 7.02. The molecule has 5 heteroatoms. The van der Waals surface area contributed by atoms with E-state index in [4.69, 9.17) is 19.9 Å². The van der Waals surface area contributed by atoms with Gasteiger partial charge in [-0.05, 0) is 73.3 Å². The molecule has 0 atom stereocenters. The van der Waals surface area contributed by atoms with Crippen LogP contribution in [0.1, 0.15) is 0 Å². The Morgan fingerprint density at radius 3 is 1.44 bits per heavy atom. The van der Waals surface area contributed by atoms with Gasteiger partial charge in [-0.3, -0.25) is 9.97 Å². The molecule has 0 bridgehead atoms. The molecule has 0 radical (unpaired) electrons. The van der Waals surface area contributed by atoms with E-state index in [1.54, 1.807) is 0 Å². The Kier molecular flexibility index (Phi) is 7.07. The molecular formula is C47H29N5. The highest BCUT2D eigenvalue weighted by Crippen LogP contribution is 2.42. The van der Waals surface area contributed by atoms with Crippen LogP contribution in [0.4, 0.5) is 0 Å². The van der Waals surface area contributed by atoms with Crippen molar-refractivity contribution in [3.63, 3.8) is 0 Å². The molecule has 10 rings (SSSR count). The minimum Gasteiger partial charge on any atom is -0.265 e. The Hall–Kier alpha value is -7.11. The van der Waals surface area contributed by atoms with Crippen LogP contribution in [0.2, 0.25) is 0 Å². The topological polar surface area (TPSA) is 64.5 Å². The first-order valence-corrected chi connectivity index (χ1v) is 17.3. The lowest BCUT2D eigenvalue weighted by Crippen LogP contribution is -2.01. The lowest BCUT2D eigenvalue weighted by molar-refractivity contribution is 1.08. The summed E-state index contributed by atoms with van der Waals surface area (Å²) < 4.78 is 0. The fraction of sp³-hybridized carbons (Fsp3) is 0. The molecule has 0 amide bonds. The SMILES string of the molecule is c1ccc(-c2ccc(-c3nc(-c4ccccc4)nc(-c4ccc5ccc6c(-c7ccc(-c8ccncc8)cn7)ccc7ccc4c5c76)n3)cc2)cc1. The standard InChI is InChI=1S/C47H29N5/c1-3-7-30(8-4-1)31-11-13-36(14-12-31)46-50-45(35-9-5-2-6-10-35)51-47(52-46)41-23-18-34-16-21-39-38(20-15-33-17-22-40(41)44(34)43(33)39)42-24-19-37(29-49-42)32-25-27-48-28-26-32/h1-29H. The molecule has 52 heavy (non-hydrogen) atoms. The van der Waals surface area contributed by atoms with Crippen molar-refractivity contribution in [3.05, 3.63) is 176 Å². The summed E-state index contributed by atoms with van der Waals surface area (Å²) in [7, 11) is 0. The molecule has 0 N–H and O–H groups in total. The molecule has 242 valence electrons. The second kappa shape index (κ2) is 12.3. The van der Waals surface area contributed by atoms with E-state index in [1.165, 1.54) is 27.1 Å². The Morgan fingerprint density at radius 1 is 0.327 bits per heavy atom. The van der Waals surface area contributed by atoms with Gasteiger partial charge in [0.05, 0.1) is 5.69 Å². The second-order valence-corrected chi connectivity index (χ2v) is 12.9. The maximum absolute atomic E-state index is 5.15. The van der Waals surface area contributed by atoms with Gasteiger partial charge in [0, 0.05) is 46.4 Å². The van der Waals surface area contributed by atoms with E-state index >= 15 is 0 Å². The van der Waals surface area contributed by atoms with E-state index in [0.29, 0.717) is 17.5 Å². The second-order valence-electron chi connectivity index (χ2n) is 12.9. The number of pyridine rings is 2. The van der Waals surface area contributed by atoms with Gasteiger partial charge in [0.1, 0.15) is 0 Å². The normalized spacial score (nSPS) is 11.5. The molecule has 0 aliphatic carbocycles. The van der Waals surface area contributed by atoms with Gasteiger partial charge in [-0.1, -0.05) is 133 Å². The van der Waals surface area contributed by atoms with Gasteiger partial charge in [-0.15, -0.1) is 0 Å². The van der Waals surface area contributed by atoms with Crippen LogP contribution in [0.25, 0.3) is 100.0 Å². The van der Waals surface area contributed by atoms with Crippen molar-refractivity contribution in [3.8, 4) is 67.7 Å². The first-order chi connectivity index (χ1) is 25.8. The lowest BCUT2D eigenvalue weighted by Gasteiger charge is -2.16. The first kappa shape index (κ1) is 29.8. The average Bonchev–Trinajstić information content (AvgIpc) is 3.23. The smallest absolute Gasteiger partial charge is 0.164 e. The van der Waals surface area contributed by atoms with Crippen molar-refractivity contribution in [2.24, 2.45) is 0 Å². The summed E-state index contributed by atoms with van der Waals surface area (Å²) in [4.78, 5) is 24.3. The maximum atomic E-state index is 5.15. The molecule has 3 heterocycles. The molecule has 0 spiro atoms. The Morgan fingerprint density at radius 2 is 0.808 bits per heavy atom. The number of aromatic nitrogens is 5. The van der Waals surface area contributed by atoms with Gasteiger partial charge < -0.3 is 0 Å². The first-order valence-electron chi connectivity index (χ1n) is 17.3. The summed E-state index contributed by atoms with van der Waals surface area (Å²) in [5.74, 6) is 1.92. The third-order valence-electron chi connectivity index (χ3n) is 9.88. The molecule has 0 fully saturated rings. The third-order valence-corrected chi connectivity index (χ3v) is 9.88. The Labute approximate surface area is 300 Å². The molecule has 10 aromatic rings. The maximum Gasteiger partial charge on any atom is 0.164 e. The summed E-state index contributed by atoms with van der Waals surface area (Å²) >= 11 is 0. The molecule has 5 nitrogen and oxygen atoms in total. The molecule has 0 aliphatic rings. The zero-order valence-electron chi connectivity index (χ0n) is 28.0. The van der Waals surface area contributed by atoms with Gasteiger partial charge in [0.2, 0.25) is 0 Å². The zero-order valence-corrected chi connectivity index (χ0v) is 28.0. The minimum absolute atomic E-state index is 0.637. The van der Waals surface area contributed by atoms with Crippen LogP contribution in [0, 0.1) is 0 Å². The number of hydrogen-bond acceptors (Lipinski definition) is 5. The zero-order chi connectivity index (χ0) is 34.4. The summed E-state index contributed by atoms with van der Waals surface area (Å²) in [5.41, 5.74) is 9.35. The van der Waals surface area contributed by atoms with Crippen molar-refractivity contribution in [1.29, 1.82) is 0 Å². The number of rotatable bonds is 6. The molecular weight excluding hydrogens is 635 g/mol. The van der Waals surface area contributed by atoms with Gasteiger partial charge in [-0.2, -0.15) is 0 Å². The number of nitrogens with zero attached hydrogens (tertiary/aromatic N) is 5. The lowest BCUT2D eigenvalue weighted by atomic mass is 9.89. The Balaban J connectivity index is 1.13. The van der Waals surface area contributed by atoms with Crippen molar-refractivity contribution in [1.82, 2.24) is 24.9 Å². The van der Waals surface area contributed by atoms with E-state index in [2.05, 4.69) is 114 Å². The summed E-state index contributed by atoms with van der Waals surface area (Å²) in [6.45, 7) is 0.